The van der Waals surface area contributed by atoms with Gasteiger partial charge >= 0.3 is 6.03 Å². The molecule has 0 spiro atoms. The molecule has 7 heteroatoms. The quantitative estimate of drug-likeness (QED) is 0.813. The standard InChI is InChI=1S/C21H28FN5O/c1-4-25-11-18(23-14-25)12-26-9-16-10-27(21(28)24(2)3)20(19(16)13-26)15-6-5-7-17(22)8-15/h5-8,11,14,16,19-20H,4,9-10,12-13H2,1-3H3/t16-,19-,20+/m1/s1. The smallest absolute Gasteiger partial charge is 0.320 e. The third-order valence-electron chi connectivity index (χ3n) is 6.00. The van der Waals surface area contributed by atoms with E-state index >= 15 is 0 Å². The van der Waals surface area contributed by atoms with Crippen LogP contribution in [0.5, 0.6) is 0 Å². The highest BCUT2D eigenvalue weighted by Crippen LogP contribution is 2.45. The van der Waals surface area contributed by atoms with Crippen molar-refractivity contribution in [2.45, 2.75) is 26.1 Å². The summed E-state index contributed by atoms with van der Waals surface area (Å²) in [7, 11) is 3.55. The molecule has 2 amide bonds. The second-order valence-corrected chi connectivity index (χ2v) is 8.14. The summed E-state index contributed by atoms with van der Waals surface area (Å²) in [5.74, 6) is 0.447. The molecule has 3 heterocycles. The molecule has 2 aliphatic rings. The number of urea groups is 1. The van der Waals surface area contributed by atoms with Gasteiger partial charge in [0.2, 0.25) is 0 Å². The van der Waals surface area contributed by atoms with E-state index in [-0.39, 0.29) is 17.9 Å². The summed E-state index contributed by atoms with van der Waals surface area (Å²) >= 11 is 0. The molecule has 0 saturated carbocycles. The van der Waals surface area contributed by atoms with Crippen LogP contribution in [0.25, 0.3) is 0 Å². The SMILES string of the molecule is CCn1cnc(CN2C[C@@H]3CN(C(=O)N(C)C)[C@@H](c4cccc(F)c4)[C@@H]3C2)c1. The minimum Gasteiger partial charge on any atom is -0.337 e. The molecular formula is C21H28FN5O. The van der Waals surface area contributed by atoms with Crippen molar-refractivity contribution in [3.63, 3.8) is 0 Å². The average molecular weight is 385 g/mol. The highest BCUT2D eigenvalue weighted by Gasteiger charge is 2.49. The fourth-order valence-corrected chi connectivity index (χ4v) is 4.73. The van der Waals surface area contributed by atoms with E-state index in [2.05, 4.69) is 27.6 Å². The number of rotatable bonds is 4. The molecule has 2 aliphatic heterocycles. The Bertz CT molecular complexity index is 851. The molecule has 0 N–H and O–H groups in total. The van der Waals surface area contributed by atoms with Crippen LogP contribution in [0.3, 0.4) is 0 Å². The van der Waals surface area contributed by atoms with Crippen LogP contribution in [0.15, 0.2) is 36.8 Å². The summed E-state index contributed by atoms with van der Waals surface area (Å²) in [4.78, 5) is 23.2. The van der Waals surface area contributed by atoms with Crippen LogP contribution in [0.1, 0.15) is 24.2 Å². The normalized spacial score (nSPS) is 24.6. The van der Waals surface area contributed by atoms with Gasteiger partial charge in [-0.1, -0.05) is 12.1 Å². The predicted octanol–water partition coefficient (Wildman–Crippen LogP) is 2.83. The summed E-state index contributed by atoms with van der Waals surface area (Å²) < 4.78 is 16.0. The van der Waals surface area contributed by atoms with Gasteiger partial charge in [-0.3, -0.25) is 4.90 Å². The Hall–Kier alpha value is -2.41. The van der Waals surface area contributed by atoms with Crippen LogP contribution in [0.4, 0.5) is 9.18 Å². The summed E-state index contributed by atoms with van der Waals surface area (Å²) in [6, 6.07) is 6.62. The number of carbonyl (C=O) groups excluding carboxylic acids is 1. The number of aromatic nitrogens is 2. The van der Waals surface area contributed by atoms with Gasteiger partial charge in [-0.2, -0.15) is 0 Å². The number of carbonyl (C=O) groups is 1. The molecular weight excluding hydrogens is 357 g/mol. The lowest BCUT2D eigenvalue weighted by Gasteiger charge is -2.31. The van der Waals surface area contributed by atoms with Crippen molar-refractivity contribution in [3.05, 3.63) is 53.9 Å². The number of benzene rings is 1. The van der Waals surface area contributed by atoms with E-state index in [0.29, 0.717) is 18.4 Å². The van der Waals surface area contributed by atoms with Crippen LogP contribution in [-0.2, 0) is 13.1 Å². The molecule has 0 radical (unpaired) electrons. The second-order valence-electron chi connectivity index (χ2n) is 8.14. The van der Waals surface area contributed by atoms with Gasteiger partial charge in [-0.25, -0.2) is 14.2 Å². The topological polar surface area (TPSA) is 44.6 Å². The van der Waals surface area contributed by atoms with Crippen molar-refractivity contribution in [1.29, 1.82) is 0 Å². The van der Waals surface area contributed by atoms with E-state index in [1.165, 1.54) is 6.07 Å². The molecule has 1 aromatic heterocycles. The highest BCUT2D eigenvalue weighted by atomic mass is 19.1. The first-order valence-electron chi connectivity index (χ1n) is 9.92. The number of likely N-dealkylation sites (tertiary alicyclic amines) is 2. The first-order valence-corrected chi connectivity index (χ1v) is 9.92. The molecule has 0 bridgehead atoms. The minimum absolute atomic E-state index is 0.00287. The Morgan fingerprint density at radius 2 is 2.11 bits per heavy atom. The van der Waals surface area contributed by atoms with Crippen molar-refractivity contribution in [2.75, 3.05) is 33.7 Å². The Balaban J connectivity index is 1.55. The van der Waals surface area contributed by atoms with Gasteiger partial charge in [-0.05, 0) is 30.5 Å². The fraction of sp³-hybridized carbons (Fsp3) is 0.524. The van der Waals surface area contributed by atoms with Crippen molar-refractivity contribution in [2.24, 2.45) is 11.8 Å². The summed E-state index contributed by atoms with van der Waals surface area (Å²) in [6.07, 6.45) is 3.97. The van der Waals surface area contributed by atoms with Gasteiger partial charge < -0.3 is 14.4 Å². The Kier molecular flexibility index (Phi) is 5.10. The van der Waals surface area contributed by atoms with Gasteiger partial charge in [0.25, 0.3) is 0 Å². The molecule has 2 saturated heterocycles. The van der Waals surface area contributed by atoms with Gasteiger partial charge in [0.1, 0.15) is 5.82 Å². The third kappa shape index (κ3) is 3.51. The predicted molar refractivity (Wildman–Crippen MR) is 105 cm³/mol. The second kappa shape index (κ2) is 7.54. The Labute approximate surface area is 165 Å². The third-order valence-corrected chi connectivity index (χ3v) is 6.00. The zero-order valence-electron chi connectivity index (χ0n) is 16.8. The lowest BCUT2D eigenvalue weighted by molar-refractivity contribution is 0.151. The number of amides is 2. The van der Waals surface area contributed by atoms with Gasteiger partial charge in [0.15, 0.2) is 0 Å². The van der Waals surface area contributed by atoms with E-state index < -0.39 is 0 Å². The van der Waals surface area contributed by atoms with Gasteiger partial charge in [0, 0.05) is 58.9 Å². The molecule has 1 aromatic carbocycles. The van der Waals surface area contributed by atoms with E-state index in [1.807, 2.05) is 17.3 Å². The van der Waals surface area contributed by atoms with Crippen LogP contribution in [0, 0.1) is 17.7 Å². The number of hydrogen-bond donors (Lipinski definition) is 0. The lowest BCUT2D eigenvalue weighted by Crippen LogP contribution is -2.41. The molecule has 28 heavy (non-hydrogen) atoms. The molecule has 2 fully saturated rings. The first kappa shape index (κ1) is 18.9. The molecule has 0 aliphatic carbocycles. The molecule has 3 atom stereocenters. The highest BCUT2D eigenvalue weighted by molar-refractivity contribution is 5.75. The largest absolute Gasteiger partial charge is 0.337 e. The zero-order valence-corrected chi connectivity index (χ0v) is 16.8. The van der Waals surface area contributed by atoms with Crippen LogP contribution < -0.4 is 0 Å². The maximum Gasteiger partial charge on any atom is 0.320 e. The van der Waals surface area contributed by atoms with Crippen molar-refractivity contribution in [3.8, 4) is 0 Å². The summed E-state index contributed by atoms with van der Waals surface area (Å²) in [6.45, 7) is 6.38. The van der Waals surface area contributed by atoms with Crippen molar-refractivity contribution in [1.82, 2.24) is 24.3 Å². The van der Waals surface area contributed by atoms with Crippen molar-refractivity contribution >= 4 is 6.03 Å². The summed E-state index contributed by atoms with van der Waals surface area (Å²) in [5.41, 5.74) is 1.96. The number of fused-ring (bicyclic) bond motifs is 1. The van der Waals surface area contributed by atoms with E-state index in [1.54, 1.807) is 31.1 Å². The van der Waals surface area contributed by atoms with E-state index in [9.17, 15) is 9.18 Å². The molecule has 4 rings (SSSR count). The minimum atomic E-state index is -0.252. The lowest BCUT2D eigenvalue weighted by atomic mass is 9.89. The van der Waals surface area contributed by atoms with Crippen molar-refractivity contribution < 1.29 is 9.18 Å². The molecule has 2 aromatic rings. The average Bonchev–Trinajstić information content (AvgIpc) is 3.35. The van der Waals surface area contributed by atoms with Crippen LogP contribution >= 0.6 is 0 Å². The number of imidazole rings is 1. The van der Waals surface area contributed by atoms with Crippen LogP contribution in [-0.4, -0.2) is 64.0 Å². The molecule has 6 nitrogen and oxygen atoms in total. The Morgan fingerprint density at radius 3 is 2.79 bits per heavy atom. The summed E-state index contributed by atoms with van der Waals surface area (Å²) in [5, 5.41) is 0. The van der Waals surface area contributed by atoms with E-state index in [4.69, 9.17) is 0 Å². The number of aryl methyl sites for hydroxylation is 1. The van der Waals surface area contributed by atoms with E-state index in [0.717, 1.165) is 37.4 Å². The number of halogens is 1. The van der Waals surface area contributed by atoms with Gasteiger partial charge in [0.05, 0.1) is 18.1 Å². The fourth-order valence-electron chi connectivity index (χ4n) is 4.73. The first-order chi connectivity index (χ1) is 13.5. The monoisotopic (exact) mass is 385 g/mol. The van der Waals surface area contributed by atoms with Gasteiger partial charge in [-0.15, -0.1) is 0 Å². The number of nitrogens with zero attached hydrogens (tertiary/aromatic N) is 5. The maximum absolute atomic E-state index is 13.9. The van der Waals surface area contributed by atoms with Crippen LogP contribution in [0.2, 0.25) is 0 Å². The zero-order chi connectivity index (χ0) is 19.8. The molecule has 150 valence electrons. The molecule has 0 unspecified atom stereocenters. The maximum atomic E-state index is 13.9. The number of hydrogen-bond acceptors (Lipinski definition) is 3. The Morgan fingerprint density at radius 1 is 1.29 bits per heavy atom.